The number of hydrogen-bond donors (Lipinski definition) is 4. The van der Waals surface area contributed by atoms with Crippen molar-refractivity contribution in [2.75, 3.05) is 22.1 Å². The van der Waals surface area contributed by atoms with E-state index in [0.717, 1.165) is 11.1 Å². The van der Waals surface area contributed by atoms with E-state index in [1.807, 2.05) is 19.9 Å². The lowest BCUT2D eigenvalue weighted by molar-refractivity contribution is -0.132. The van der Waals surface area contributed by atoms with E-state index in [-0.39, 0.29) is 0 Å². The van der Waals surface area contributed by atoms with Gasteiger partial charge in [0.2, 0.25) is 0 Å². The van der Waals surface area contributed by atoms with Gasteiger partial charge in [-0.15, -0.1) is 0 Å². The Morgan fingerprint density at radius 3 is 1.95 bits per heavy atom. The van der Waals surface area contributed by atoms with Crippen molar-refractivity contribution in [3.05, 3.63) is 47.5 Å². The van der Waals surface area contributed by atoms with Crippen molar-refractivity contribution >= 4 is 34.6 Å². The maximum absolute atomic E-state index is 11.9. The molecule has 0 bridgehead atoms. The number of hydrogen-bond acceptors (Lipinski definition) is 4. The van der Waals surface area contributed by atoms with Gasteiger partial charge < -0.3 is 22.1 Å². The van der Waals surface area contributed by atoms with Gasteiger partial charge in [-0.2, -0.15) is 0 Å². The lowest BCUT2D eigenvalue weighted by Gasteiger charge is -2.11. The Kier molecular flexibility index (Phi) is 4.31. The summed E-state index contributed by atoms with van der Waals surface area (Å²) in [6, 6.07) is 10.3. The van der Waals surface area contributed by atoms with E-state index in [0.29, 0.717) is 22.7 Å². The molecule has 0 saturated carbocycles. The van der Waals surface area contributed by atoms with Crippen LogP contribution in [0.3, 0.4) is 0 Å². The van der Waals surface area contributed by atoms with Gasteiger partial charge in [-0.25, -0.2) is 0 Å². The molecule has 22 heavy (non-hydrogen) atoms. The molecule has 6 N–H and O–H groups in total. The van der Waals surface area contributed by atoms with E-state index in [1.54, 1.807) is 30.3 Å². The Hall–Kier alpha value is -3.02. The highest BCUT2D eigenvalue weighted by Crippen LogP contribution is 2.21. The number of benzene rings is 2. The van der Waals surface area contributed by atoms with Crippen LogP contribution in [0.15, 0.2) is 36.4 Å². The Labute approximate surface area is 128 Å². The Bertz CT molecular complexity index is 741. The number of anilines is 4. The first kappa shape index (κ1) is 15.4. The predicted molar refractivity (Wildman–Crippen MR) is 88.4 cm³/mol. The Balaban J connectivity index is 2.09. The summed E-state index contributed by atoms with van der Waals surface area (Å²) >= 11 is 0. The minimum Gasteiger partial charge on any atom is -0.397 e. The molecule has 2 amide bonds. The highest BCUT2D eigenvalue weighted by atomic mass is 16.2. The number of aryl methyl sites for hydroxylation is 2. The standard InChI is InChI=1S/C16H18N4O2/c1-9-4-6-13(12(18)7-9)19-15(21)16(22)20-14-8-10(2)3-5-11(14)17/h3-8H,17-18H2,1-2H3,(H,19,21)(H,20,22). The smallest absolute Gasteiger partial charge is 0.314 e. The SMILES string of the molecule is Cc1ccc(NC(=O)C(=O)Nc2cc(C)ccc2N)c(N)c1. The van der Waals surface area contributed by atoms with Crippen LogP contribution in [0.5, 0.6) is 0 Å². The first-order valence-corrected chi connectivity index (χ1v) is 6.71. The number of nitrogens with one attached hydrogen (secondary N) is 2. The van der Waals surface area contributed by atoms with Crippen molar-refractivity contribution < 1.29 is 9.59 Å². The minimum absolute atomic E-state index is 0.390. The second-order valence-electron chi connectivity index (χ2n) is 5.09. The van der Waals surface area contributed by atoms with Crippen LogP contribution in [0.1, 0.15) is 11.1 Å². The average molecular weight is 298 g/mol. The topological polar surface area (TPSA) is 110 Å². The third-order valence-corrected chi connectivity index (χ3v) is 3.12. The van der Waals surface area contributed by atoms with Crippen LogP contribution in [0.2, 0.25) is 0 Å². The molecule has 6 heteroatoms. The first-order valence-electron chi connectivity index (χ1n) is 6.71. The van der Waals surface area contributed by atoms with Crippen LogP contribution in [0.4, 0.5) is 22.7 Å². The van der Waals surface area contributed by atoms with Gasteiger partial charge in [-0.05, 0) is 49.2 Å². The number of rotatable bonds is 2. The van der Waals surface area contributed by atoms with Crippen molar-refractivity contribution in [1.29, 1.82) is 0 Å². The molecule has 114 valence electrons. The fourth-order valence-electron chi connectivity index (χ4n) is 1.93. The Morgan fingerprint density at radius 2 is 1.32 bits per heavy atom. The molecule has 2 aromatic rings. The summed E-state index contributed by atoms with van der Waals surface area (Å²) in [5, 5.41) is 4.96. The zero-order valence-corrected chi connectivity index (χ0v) is 12.4. The molecule has 2 rings (SSSR count). The highest BCUT2D eigenvalue weighted by Gasteiger charge is 2.16. The van der Waals surface area contributed by atoms with E-state index >= 15 is 0 Å². The molecule has 0 aliphatic carbocycles. The van der Waals surface area contributed by atoms with Gasteiger partial charge in [0.15, 0.2) is 0 Å². The van der Waals surface area contributed by atoms with Gasteiger partial charge in [0, 0.05) is 0 Å². The van der Waals surface area contributed by atoms with Gasteiger partial charge in [0.05, 0.1) is 22.7 Å². The van der Waals surface area contributed by atoms with E-state index in [1.165, 1.54) is 0 Å². The summed E-state index contributed by atoms with van der Waals surface area (Å²) in [6.07, 6.45) is 0. The Morgan fingerprint density at radius 1 is 0.773 bits per heavy atom. The molecule has 6 nitrogen and oxygen atoms in total. The van der Waals surface area contributed by atoms with Crippen molar-refractivity contribution in [2.24, 2.45) is 0 Å². The quantitative estimate of drug-likeness (QED) is 0.502. The maximum Gasteiger partial charge on any atom is 0.314 e. The lowest BCUT2D eigenvalue weighted by Crippen LogP contribution is -2.29. The summed E-state index contributed by atoms with van der Waals surface area (Å²) in [5.41, 5.74) is 15.0. The molecular formula is C16H18N4O2. The van der Waals surface area contributed by atoms with E-state index in [9.17, 15) is 9.59 Å². The van der Waals surface area contributed by atoms with Gasteiger partial charge >= 0.3 is 11.8 Å². The molecular weight excluding hydrogens is 280 g/mol. The molecule has 0 aliphatic heterocycles. The van der Waals surface area contributed by atoms with Crippen molar-refractivity contribution in [1.82, 2.24) is 0 Å². The third kappa shape index (κ3) is 3.54. The molecule has 0 unspecified atom stereocenters. The molecule has 0 atom stereocenters. The summed E-state index contributed by atoms with van der Waals surface area (Å²) in [4.78, 5) is 23.9. The molecule has 0 heterocycles. The van der Waals surface area contributed by atoms with Crippen molar-refractivity contribution in [3.63, 3.8) is 0 Å². The number of carbonyl (C=O) groups is 2. The van der Waals surface area contributed by atoms with Crippen LogP contribution in [0, 0.1) is 13.8 Å². The molecule has 2 aromatic carbocycles. The van der Waals surface area contributed by atoms with Crippen LogP contribution in [-0.2, 0) is 9.59 Å². The second-order valence-corrected chi connectivity index (χ2v) is 5.09. The fourth-order valence-corrected chi connectivity index (χ4v) is 1.93. The van der Waals surface area contributed by atoms with Crippen LogP contribution < -0.4 is 22.1 Å². The minimum atomic E-state index is -0.809. The molecule has 0 radical (unpaired) electrons. The molecule has 0 aromatic heterocycles. The van der Waals surface area contributed by atoms with Gasteiger partial charge in [0.1, 0.15) is 0 Å². The van der Waals surface area contributed by atoms with Crippen molar-refractivity contribution in [2.45, 2.75) is 13.8 Å². The molecule has 0 fully saturated rings. The fraction of sp³-hybridized carbons (Fsp3) is 0.125. The molecule has 0 saturated heterocycles. The predicted octanol–water partition coefficient (Wildman–Crippen LogP) is 2.05. The largest absolute Gasteiger partial charge is 0.397 e. The van der Waals surface area contributed by atoms with Crippen LogP contribution in [0.25, 0.3) is 0 Å². The zero-order chi connectivity index (χ0) is 16.3. The van der Waals surface area contributed by atoms with Gasteiger partial charge in [0.25, 0.3) is 0 Å². The first-order chi connectivity index (χ1) is 10.4. The lowest BCUT2D eigenvalue weighted by atomic mass is 10.2. The zero-order valence-electron chi connectivity index (χ0n) is 12.4. The number of amides is 2. The average Bonchev–Trinajstić information content (AvgIpc) is 2.45. The van der Waals surface area contributed by atoms with Gasteiger partial charge in [-0.1, -0.05) is 12.1 Å². The number of carbonyl (C=O) groups excluding carboxylic acids is 2. The number of nitrogen functional groups attached to an aromatic ring is 2. The highest BCUT2D eigenvalue weighted by molar-refractivity contribution is 6.44. The summed E-state index contributed by atoms with van der Waals surface area (Å²) in [6.45, 7) is 3.75. The van der Waals surface area contributed by atoms with Crippen molar-refractivity contribution in [3.8, 4) is 0 Å². The van der Waals surface area contributed by atoms with E-state index in [4.69, 9.17) is 11.5 Å². The van der Waals surface area contributed by atoms with Crippen LogP contribution >= 0.6 is 0 Å². The van der Waals surface area contributed by atoms with Crippen LogP contribution in [-0.4, -0.2) is 11.8 Å². The van der Waals surface area contributed by atoms with Gasteiger partial charge in [-0.3, -0.25) is 9.59 Å². The maximum atomic E-state index is 11.9. The number of nitrogens with two attached hydrogens (primary N) is 2. The molecule has 0 aliphatic rings. The monoisotopic (exact) mass is 298 g/mol. The third-order valence-electron chi connectivity index (χ3n) is 3.12. The van der Waals surface area contributed by atoms with E-state index < -0.39 is 11.8 Å². The van der Waals surface area contributed by atoms with E-state index in [2.05, 4.69) is 10.6 Å². The molecule has 0 spiro atoms. The summed E-state index contributed by atoms with van der Waals surface area (Å²) < 4.78 is 0. The summed E-state index contributed by atoms with van der Waals surface area (Å²) in [7, 11) is 0. The normalized spacial score (nSPS) is 10.1. The second kappa shape index (κ2) is 6.17. The summed E-state index contributed by atoms with van der Waals surface area (Å²) in [5.74, 6) is -1.62.